The number of carbonyl (C=O) groups excluding carboxylic acids is 3. The summed E-state index contributed by atoms with van der Waals surface area (Å²) in [6.45, 7) is 6.81. The van der Waals surface area contributed by atoms with Crippen LogP contribution in [0.15, 0.2) is 260 Å². The zero-order chi connectivity index (χ0) is 75.9. The SMILES string of the molecule is C.C.CC(=O)c1ccc(Oc2ccc(Cl)cc2)cc1.CC(=O)c1ccc(Oc2ccc(F)cc2)cc1.COc1cc(O)c(C(=O)c2ccccc2)cc1S(=O)(=O)O.Cc1cc(F)ccc1-c1ccc(O)c(C(=O)O)c1.Cc1ccc2cc(C(=O)O)ccc2c1.O=C(O)c1cc(-c2cccc(F)c2)ccc1O. The molecule has 12 rings (SSSR count). The quantitative estimate of drug-likeness (QED) is 0.0370. The van der Waals surface area contributed by atoms with Crippen LogP contribution >= 0.6 is 11.6 Å². The van der Waals surface area contributed by atoms with E-state index in [9.17, 15) is 65.7 Å². The van der Waals surface area contributed by atoms with Crippen LogP contribution in [0.3, 0.4) is 0 Å². The fraction of sp³-hybridized carbons (Fsp3) is 0.0843. The largest absolute Gasteiger partial charge is 0.507 e. The number of carbonyl (C=O) groups is 6. The summed E-state index contributed by atoms with van der Waals surface area (Å²) in [5.41, 5.74) is 5.66. The molecule has 7 N–H and O–H groups in total. The Labute approximate surface area is 614 Å². The van der Waals surface area contributed by atoms with E-state index in [4.69, 9.17) is 45.7 Å². The number of aromatic hydroxyl groups is 3. The Morgan fingerprint density at radius 1 is 0.406 bits per heavy atom. The third-order valence-corrected chi connectivity index (χ3v) is 15.9. The predicted molar refractivity (Wildman–Crippen MR) is 400 cm³/mol. The number of ether oxygens (including phenoxy) is 3. The van der Waals surface area contributed by atoms with Gasteiger partial charge in [-0.2, -0.15) is 8.42 Å². The number of carboxylic acids is 3. The minimum Gasteiger partial charge on any atom is -0.507 e. The summed E-state index contributed by atoms with van der Waals surface area (Å²) < 4.78 is 86.4. The van der Waals surface area contributed by atoms with Gasteiger partial charge in [0.15, 0.2) is 17.3 Å². The van der Waals surface area contributed by atoms with E-state index >= 15 is 0 Å². The molecule has 106 heavy (non-hydrogen) atoms. The standard InChI is InChI=1S/C14H11ClO2.C14H11FO3.C14H11FO2.C14H12O6S.C13H9FO3.C12H10O2.2CH4/c1-10(16)11-2-6-13(7-3-11)17-14-8-4-12(15)5-9-14;1-8-6-10(15)3-4-11(8)9-2-5-13(16)12(7-9)14(17)18;1-10(16)11-2-6-13(7-3-11)17-14-8-4-12(15)5-9-14;1-20-12-8-11(15)10(7-13(12)21(17,18)19)14(16)9-5-3-2-4-6-9;14-10-3-1-2-8(6-10)9-4-5-12(15)11(7-9)13(16)17;1-8-2-3-10-7-11(12(13)14)5-4-9(10)6-8;;/h2-9H,1H3;2-7,16H,1H3,(H,17,18);2-9H,1H3;2-8,15H,1H3,(H,17,18,19);1-7,15H,(H,16,17);2-7H,1H3,(H,13,14);2*1H4. The molecule has 546 valence electrons. The van der Waals surface area contributed by atoms with Crippen molar-refractivity contribution in [1.29, 1.82) is 0 Å². The zero-order valence-corrected chi connectivity index (χ0v) is 57.4. The van der Waals surface area contributed by atoms with Gasteiger partial charge in [0.05, 0.1) is 18.2 Å². The van der Waals surface area contributed by atoms with Gasteiger partial charge in [-0.05, 0) is 230 Å². The van der Waals surface area contributed by atoms with Crippen molar-refractivity contribution in [2.45, 2.75) is 47.4 Å². The maximum atomic E-state index is 13.0. The van der Waals surface area contributed by atoms with Crippen molar-refractivity contribution in [3.8, 4) is 68.2 Å². The number of hydrogen-bond acceptors (Lipinski definition) is 14. The van der Waals surface area contributed by atoms with Gasteiger partial charge < -0.3 is 44.8 Å². The summed E-state index contributed by atoms with van der Waals surface area (Å²) in [6.07, 6.45) is 0. The van der Waals surface area contributed by atoms with E-state index in [0.29, 0.717) is 67.0 Å². The third kappa shape index (κ3) is 24.4. The highest BCUT2D eigenvalue weighted by molar-refractivity contribution is 7.86. The first-order valence-electron chi connectivity index (χ1n) is 30.8. The molecular weight excluding hydrogens is 1410 g/mol. The van der Waals surface area contributed by atoms with Gasteiger partial charge in [-0.1, -0.05) is 117 Å². The van der Waals surface area contributed by atoms with Crippen molar-refractivity contribution in [2.75, 3.05) is 7.11 Å². The van der Waals surface area contributed by atoms with Crippen LogP contribution in [0.5, 0.6) is 46.0 Å². The predicted octanol–water partition coefficient (Wildman–Crippen LogP) is 20.3. The van der Waals surface area contributed by atoms with E-state index in [1.165, 1.54) is 111 Å². The molecule has 0 aromatic heterocycles. The molecule has 0 atom stereocenters. The number of aromatic carboxylic acids is 3. The second-order valence-corrected chi connectivity index (χ2v) is 24.2. The average molecular weight is 1480 g/mol. The molecule has 0 unspecified atom stereocenters. The topological polar surface area (TPSA) is 306 Å². The van der Waals surface area contributed by atoms with E-state index in [-0.39, 0.29) is 77.6 Å². The van der Waals surface area contributed by atoms with Crippen LogP contribution in [0, 0.1) is 31.3 Å². The van der Waals surface area contributed by atoms with Crippen molar-refractivity contribution in [3.63, 3.8) is 0 Å². The molecule has 23 heteroatoms. The first-order chi connectivity index (χ1) is 49.4. The first-order valence-corrected chi connectivity index (χ1v) is 32.7. The second-order valence-electron chi connectivity index (χ2n) is 22.4. The molecule has 12 aromatic rings. The molecular formula is C83H72ClF3O18S. The van der Waals surface area contributed by atoms with Crippen molar-refractivity contribution >= 4 is 67.7 Å². The summed E-state index contributed by atoms with van der Waals surface area (Å²) in [5.74, 6) is -3.56. The highest BCUT2D eigenvalue weighted by Crippen LogP contribution is 2.34. The normalized spacial score (nSPS) is 10.2. The Hall–Kier alpha value is -12.9. The zero-order valence-electron chi connectivity index (χ0n) is 55.8. The highest BCUT2D eigenvalue weighted by Gasteiger charge is 2.24. The van der Waals surface area contributed by atoms with Crippen LogP contribution in [-0.2, 0) is 10.1 Å². The van der Waals surface area contributed by atoms with Crippen LogP contribution in [0.4, 0.5) is 13.2 Å². The average Bonchev–Trinajstić information content (AvgIpc) is 0.790. The summed E-state index contributed by atoms with van der Waals surface area (Å²) in [4.78, 5) is 66.3. The van der Waals surface area contributed by atoms with Gasteiger partial charge in [-0.3, -0.25) is 18.9 Å². The van der Waals surface area contributed by atoms with Gasteiger partial charge in [-0.15, -0.1) is 0 Å². The Morgan fingerprint density at radius 2 is 0.858 bits per heavy atom. The number of fused-ring (bicyclic) bond motifs is 1. The number of rotatable bonds is 15. The lowest BCUT2D eigenvalue weighted by molar-refractivity contribution is 0.0682. The van der Waals surface area contributed by atoms with Gasteiger partial charge in [-0.25, -0.2) is 27.6 Å². The van der Waals surface area contributed by atoms with Gasteiger partial charge in [0, 0.05) is 27.8 Å². The molecule has 0 bridgehead atoms. The summed E-state index contributed by atoms with van der Waals surface area (Å²) in [6, 6.07) is 66.3. The lowest BCUT2D eigenvalue weighted by Gasteiger charge is -2.10. The summed E-state index contributed by atoms with van der Waals surface area (Å²) >= 11 is 5.78. The Bertz CT molecular complexity index is 5090. The second kappa shape index (κ2) is 38.9. The number of carboxylic acid groups (broad SMARTS) is 3. The van der Waals surface area contributed by atoms with Gasteiger partial charge in [0.2, 0.25) is 0 Å². The molecule has 0 amide bonds. The minimum absolute atomic E-state index is 0. The van der Waals surface area contributed by atoms with E-state index in [2.05, 4.69) is 0 Å². The van der Waals surface area contributed by atoms with Crippen LogP contribution in [0.2, 0.25) is 5.02 Å². The molecule has 0 aliphatic rings. The fourth-order valence-electron chi connectivity index (χ4n) is 9.51. The first kappa shape index (κ1) is 83.8. The fourth-order valence-corrected chi connectivity index (χ4v) is 10.3. The Balaban J connectivity index is 0.000000228. The number of phenols is 3. The van der Waals surface area contributed by atoms with Crippen LogP contribution in [0.1, 0.15) is 108 Å². The van der Waals surface area contributed by atoms with Crippen molar-refractivity contribution in [3.05, 3.63) is 327 Å². The Kier molecular flexibility index (Phi) is 30.8. The number of Topliss-reactive ketones (excluding diaryl/α,β-unsaturated/α-hetero) is 2. The van der Waals surface area contributed by atoms with E-state index in [1.54, 1.807) is 140 Å². The number of phenolic OH excluding ortho intramolecular Hbond substituents is 1. The molecule has 0 saturated carbocycles. The van der Waals surface area contributed by atoms with E-state index < -0.39 is 50.3 Å². The molecule has 0 heterocycles. The maximum absolute atomic E-state index is 13.0. The lowest BCUT2D eigenvalue weighted by Crippen LogP contribution is -2.07. The number of halogens is 4. The molecule has 0 aliphatic carbocycles. The molecule has 0 saturated heterocycles. The maximum Gasteiger partial charge on any atom is 0.339 e. The van der Waals surface area contributed by atoms with Gasteiger partial charge in [0.25, 0.3) is 10.1 Å². The molecule has 0 aliphatic heterocycles. The molecule has 0 radical (unpaired) electrons. The van der Waals surface area contributed by atoms with Crippen molar-refractivity contribution < 1.29 is 99.8 Å². The third-order valence-electron chi connectivity index (χ3n) is 14.8. The van der Waals surface area contributed by atoms with E-state index in [1.807, 2.05) is 31.2 Å². The van der Waals surface area contributed by atoms with Crippen LogP contribution in [-0.4, -0.2) is 86.0 Å². The number of ketones is 3. The minimum atomic E-state index is -4.59. The van der Waals surface area contributed by atoms with Gasteiger partial charge >= 0.3 is 17.9 Å². The van der Waals surface area contributed by atoms with E-state index in [0.717, 1.165) is 28.5 Å². The number of benzene rings is 12. The van der Waals surface area contributed by atoms with Crippen molar-refractivity contribution in [2.24, 2.45) is 0 Å². The number of aryl methyl sites for hydroxylation is 2. The Morgan fingerprint density at radius 3 is 1.34 bits per heavy atom. The van der Waals surface area contributed by atoms with Crippen molar-refractivity contribution in [1.82, 2.24) is 0 Å². The van der Waals surface area contributed by atoms with Gasteiger partial charge in [0.1, 0.15) is 79.5 Å². The van der Waals surface area contributed by atoms with Crippen LogP contribution in [0.25, 0.3) is 33.0 Å². The van der Waals surface area contributed by atoms with Crippen LogP contribution < -0.4 is 14.2 Å². The summed E-state index contributed by atoms with van der Waals surface area (Å²) in [7, 11) is -3.41. The summed E-state index contributed by atoms with van der Waals surface area (Å²) in [5, 5.41) is 57.9. The molecule has 0 spiro atoms. The molecule has 0 fully saturated rings. The monoisotopic (exact) mass is 1480 g/mol. The smallest absolute Gasteiger partial charge is 0.339 e. The highest BCUT2D eigenvalue weighted by atomic mass is 35.5. The molecule has 18 nitrogen and oxygen atoms in total. The number of hydrogen-bond donors (Lipinski definition) is 7. The molecule has 12 aromatic carbocycles. The lowest BCUT2D eigenvalue weighted by atomic mass is 9.98. The number of methoxy groups -OCH3 is 1.